The van der Waals surface area contributed by atoms with Gasteiger partial charge in [-0.1, -0.05) is 31.5 Å². The van der Waals surface area contributed by atoms with Gasteiger partial charge in [0.1, 0.15) is 0 Å². The molecule has 0 radical (unpaired) electrons. The number of benzene rings is 1. The molecule has 0 unspecified atom stereocenters. The van der Waals surface area contributed by atoms with Crippen LogP contribution in [0.4, 0.5) is 5.13 Å². The van der Waals surface area contributed by atoms with E-state index in [9.17, 15) is 4.79 Å². The molecule has 0 fully saturated rings. The Morgan fingerprint density at radius 2 is 2.26 bits per heavy atom. The molecule has 3 rings (SSSR count). The van der Waals surface area contributed by atoms with Gasteiger partial charge in [-0.25, -0.2) is 4.98 Å². The molecular weight excluding hydrogens is 326 g/mol. The SMILES string of the molecule is CCCCSCC(=O)Nc1nc(-c2c[nH]c3ccccc23)cs1. The van der Waals surface area contributed by atoms with Gasteiger partial charge in [0.05, 0.1) is 11.4 Å². The average molecular weight is 345 g/mol. The van der Waals surface area contributed by atoms with Crippen LogP contribution in [0.5, 0.6) is 0 Å². The second kappa shape index (κ2) is 7.66. The Kier molecular flexibility index (Phi) is 5.35. The lowest BCUT2D eigenvalue weighted by molar-refractivity contribution is -0.113. The Hall–Kier alpha value is -1.79. The lowest BCUT2D eigenvalue weighted by Crippen LogP contribution is -2.14. The number of fused-ring (bicyclic) bond motifs is 1. The van der Waals surface area contributed by atoms with Crippen molar-refractivity contribution < 1.29 is 4.79 Å². The van der Waals surface area contributed by atoms with Gasteiger partial charge in [0.15, 0.2) is 5.13 Å². The number of aromatic nitrogens is 2. The number of hydrogen-bond acceptors (Lipinski definition) is 4. The molecule has 0 atom stereocenters. The Bertz CT molecular complexity index is 794. The number of nitrogens with zero attached hydrogens (tertiary/aromatic N) is 1. The molecule has 2 N–H and O–H groups in total. The summed E-state index contributed by atoms with van der Waals surface area (Å²) in [4.78, 5) is 19.7. The highest BCUT2D eigenvalue weighted by Crippen LogP contribution is 2.30. The van der Waals surface area contributed by atoms with E-state index in [2.05, 4.69) is 28.3 Å². The van der Waals surface area contributed by atoms with Crippen LogP contribution >= 0.6 is 23.1 Å². The van der Waals surface area contributed by atoms with E-state index in [0.717, 1.165) is 40.8 Å². The molecule has 0 spiro atoms. The fourth-order valence-corrected chi connectivity index (χ4v) is 3.93. The standard InChI is InChI=1S/C17H19N3OS2/c1-2-3-8-22-11-16(21)20-17-19-15(10-23-17)13-9-18-14-7-5-4-6-12(13)14/h4-7,9-10,18H,2-3,8,11H2,1H3,(H,19,20,21). The van der Waals surface area contributed by atoms with Gasteiger partial charge in [0, 0.05) is 28.0 Å². The van der Waals surface area contributed by atoms with Gasteiger partial charge >= 0.3 is 0 Å². The highest BCUT2D eigenvalue weighted by atomic mass is 32.2. The molecule has 4 nitrogen and oxygen atoms in total. The molecule has 0 saturated heterocycles. The van der Waals surface area contributed by atoms with Crippen molar-refractivity contribution in [2.24, 2.45) is 0 Å². The first-order valence-electron chi connectivity index (χ1n) is 7.67. The molecule has 2 aromatic heterocycles. The van der Waals surface area contributed by atoms with Crippen LogP contribution in [0.2, 0.25) is 0 Å². The number of para-hydroxylation sites is 1. The topological polar surface area (TPSA) is 57.8 Å². The number of carbonyl (C=O) groups is 1. The summed E-state index contributed by atoms with van der Waals surface area (Å²) in [6.45, 7) is 2.16. The van der Waals surface area contributed by atoms with Crippen LogP contribution in [0.1, 0.15) is 19.8 Å². The highest BCUT2D eigenvalue weighted by Gasteiger charge is 2.11. The summed E-state index contributed by atoms with van der Waals surface area (Å²) in [6, 6.07) is 8.14. The van der Waals surface area contributed by atoms with Crippen molar-refractivity contribution in [1.82, 2.24) is 9.97 Å². The third kappa shape index (κ3) is 3.95. The molecule has 120 valence electrons. The van der Waals surface area contributed by atoms with Gasteiger partial charge in [0.25, 0.3) is 0 Å². The van der Waals surface area contributed by atoms with E-state index in [1.807, 2.05) is 29.8 Å². The number of thioether (sulfide) groups is 1. The summed E-state index contributed by atoms with van der Waals surface area (Å²) in [6.07, 6.45) is 4.28. The van der Waals surface area contributed by atoms with Crippen LogP contribution in [-0.4, -0.2) is 27.4 Å². The molecule has 0 aliphatic carbocycles. The molecule has 0 aliphatic heterocycles. The molecule has 1 amide bonds. The van der Waals surface area contributed by atoms with Crippen molar-refractivity contribution in [3.63, 3.8) is 0 Å². The second-order valence-corrected chi connectivity index (χ2v) is 7.20. The normalized spacial score (nSPS) is 11.0. The number of amides is 1. The van der Waals surface area contributed by atoms with E-state index in [-0.39, 0.29) is 5.91 Å². The first-order valence-corrected chi connectivity index (χ1v) is 9.71. The summed E-state index contributed by atoms with van der Waals surface area (Å²) in [5.41, 5.74) is 3.05. The number of hydrogen-bond donors (Lipinski definition) is 2. The monoisotopic (exact) mass is 345 g/mol. The zero-order valence-electron chi connectivity index (χ0n) is 13.0. The van der Waals surface area contributed by atoms with Gasteiger partial charge in [0.2, 0.25) is 5.91 Å². The molecule has 23 heavy (non-hydrogen) atoms. The summed E-state index contributed by atoms with van der Waals surface area (Å²) in [5.74, 6) is 1.54. The predicted molar refractivity (Wildman–Crippen MR) is 100 cm³/mol. The van der Waals surface area contributed by atoms with E-state index < -0.39 is 0 Å². The maximum Gasteiger partial charge on any atom is 0.236 e. The quantitative estimate of drug-likeness (QED) is 0.607. The molecule has 0 bridgehead atoms. The fourth-order valence-electron chi connectivity index (χ4n) is 2.30. The third-order valence-corrected chi connectivity index (χ3v) is 5.29. The lowest BCUT2D eigenvalue weighted by atomic mass is 10.1. The van der Waals surface area contributed by atoms with E-state index in [4.69, 9.17) is 0 Å². The van der Waals surface area contributed by atoms with E-state index in [0.29, 0.717) is 10.9 Å². The van der Waals surface area contributed by atoms with Crippen LogP contribution in [0.25, 0.3) is 22.2 Å². The molecule has 1 aromatic carbocycles. The van der Waals surface area contributed by atoms with Crippen LogP contribution in [0, 0.1) is 0 Å². The number of unbranched alkanes of at least 4 members (excludes halogenated alkanes) is 1. The molecule has 0 aliphatic rings. The number of thiazole rings is 1. The minimum atomic E-state index is 0.0194. The minimum Gasteiger partial charge on any atom is -0.360 e. The van der Waals surface area contributed by atoms with Crippen molar-refractivity contribution >= 4 is 45.0 Å². The molecule has 3 aromatic rings. The molecule has 2 heterocycles. The summed E-state index contributed by atoms with van der Waals surface area (Å²) in [5, 5.41) is 6.67. The van der Waals surface area contributed by atoms with Crippen LogP contribution < -0.4 is 5.32 Å². The van der Waals surface area contributed by atoms with Crippen molar-refractivity contribution in [2.75, 3.05) is 16.8 Å². The van der Waals surface area contributed by atoms with Crippen molar-refractivity contribution in [1.29, 1.82) is 0 Å². The molecule has 6 heteroatoms. The van der Waals surface area contributed by atoms with Gasteiger partial charge < -0.3 is 10.3 Å². The van der Waals surface area contributed by atoms with E-state index >= 15 is 0 Å². The Balaban J connectivity index is 1.65. The predicted octanol–water partition coefficient (Wildman–Crippen LogP) is 4.76. The first kappa shape index (κ1) is 16.1. The average Bonchev–Trinajstić information content (AvgIpc) is 3.18. The van der Waals surface area contributed by atoms with Crippen molar-refractivity contribution in [3.8, 4) is 11.3 Å². The van der Waals surface area contributed by atoms with Crippen LogP contribution in [-0.2, 0) is 4.79 Å². The highest BCUT2D eigenvalue weighted by molar-refractivity contribution is 7.99. The van der Waals surface area contributed by atoms with Crippen molar-refractivity contribution in [3.05, 3.63) is 35.8 Å². The number of rotatable bonds is 7. The second-order valence-electron chi connectivity index (χ2n) is 5.24. The van der Waals surface area contributed by atoms with Gasteiger partial charge in [-0.2, -0.15) is 11.8 Å². The number of carbonyl (C=O) groups excluding carboxylic acids is 1. The van der Waals surface area contributed by atoms with Crippen LogP contribution in [0.15, 0.2) is 35.8 Å². The molecular formula is C17H19N3OS2. The van der Waals surface area contributed by atoms with E-state index in [1.54, 1.807) is 11.8 Å². The smallest absolute Gasteiger partial charge is 0.236 e. The minimum absolute atomic E-state index is 0.0194. The first-order chi connectivity index (χ1) is 11.3. The van der Waals surface area contributed by atoms with Gasteiger partial charge in [-0.05, 0) is 18.2 Å². The fraction of sp³-hybridized carbons (Fsp3) is 0.294. The van der Waals surface area contributed by atoms with Crippen molar-refractivity contribution in [2.45, 2.75) is 19.8 Å². The Morgan fingerprint density at radius 3 is 3.13 bits per heavy atom. The lowest BCUT2D eigenvalue weighted by Gasteiger charge is -2.01. The maximum atomic E-state index is 11.9. The number of anilines is 1. The van der Waals surface area contributed by atoms with E-state index in [1.165, 1.54) is 11.3 Å². The zero-order valence-corrected chi connectivity index (χ0v) is 14.6. The Labute approximate surface area is 143 Å². The number of H-pyrrole nitrogens is 1. The number of nitrogens with one attached hydrogen (secondary N) is 2. The molecule has 0 saturated carbocycles. The number of aromatic amines is 1. The zero-order chi connectivity index (χ0) is 16.1. The maximum absolute atomic E-state index is 11.9. The Morgan fingerprint density at radius 1 is 1.39 bits per heavy atom. The van der Waals surface area contributed by atoms with Crippen LogP contribution in [0.3, 0.4) is 0 Å². The third-order valence-electron chi connectivity index (χ3n) is 3.49. The summed E-state index contributed by atoms with van der Waals surface area (Å²) >= 11 is 3.13. The van der Waals surface area contributed by atoms with Gasteiger partial charge in [-0.15, -0.1) is 11.3 Å². The summed E-state index contributed by atoms with van der Waals surface area (Å²) in [7, 11) is 0. The largest absolute Gasteiger partial charge is 0.360 e. The summed E-state index contributed by atoms with van der Waals surface area (Å²) < 4.78 is 0. The van der Waals surface area contributed by atoms with Gasteiger partial charge in [-0.3, -0.25) is 4.79 Å².